The number of para-hydroxylation sites is 2. The molecule has 2 heterocycles. The van der Waals surface area contributed by atoms with Gasteiger partial charge in [-0.15, -0.1) is 0 Å². The van der Waals surface area contributed by atoms with Gasteiger partial charge in [0.2, 0.25) is 0 Å². The van der Waals surface area contributed by atoms with Crippen LogP contribution in [0.15, 0.2) is 170 Å². The fourth-order valence-corrected chi connectivity index (χ4v) is 8.08. The summed E-state index contributed by atoms with van der Waals surface area (Å²) in [5, 5.41) is 0. The topological polar surface area (TPSA) is 47.9 Å². The van der Waals surface area contributed by atoms with Crippen molar-refractivity contribution in [1.29, 1.82) is 0 Å². The lowest BCUT2D eigenvalue weighted by Gasteiger charge is -2.40. The zero-order valence-electron chi connectivity index (χ0n) is 27.9. The second-order valence-electron chi connectivity index (χ2n) is 13.2. The fourth-order valence-electron chi connectivity index (χ4n) is 8.08. The highest BCUT2D eigenvalue weighted by molar-refractivity contribution is 5.90. The maximum absolute atomic E-state index is 7.07. The van der Waals surface area contributed by atoms with E-state index in [9.17, 15) is 0 Å². The molecule has 1 spiro atoms. The van der Waals surface area contributed by atoms with Crippen LogP contribution in [0.5, 0.6) is 11.5 Å². The molecule has 0 saturated heterocycles. The predicted octanol–water partition coefficient (Wildman–Crippen LogP) is 11.3. The molecule has 0 radical (unpaired) electrons. The first-order valence-corrected chi connectivity index (χ1v) is 17.3. The van der Waals surface area contributed by atoms with Crippen molar-refractivity contribution in [2.45, 2.75) is 12.3 Å². The zero-order valence-corrected chi connectivity index (χ0v) is 27.9. The number of nitrogens with zero attached hydrogens (tertiary/aromatic N) is 3. The van der Waals surface area contributed by atoms with Gasteiger partial charge in [0.1, 0.15) is 11.5 Å². The highest BCUT2D eigenvalue weighted by atomic mass is 16.5. The van der Waals surface area contributed by atoms with Crippen molar-refractivity contribution >= 4 is 0 Å². The number of hydrogen-bond donors (Lipinski definition) is 0. The van der Waals surface area contributed by atoms with Gasteiger partial charge in [0.25, 0.3) is 0 Å². The number of aryl methyl sites for hydroxylation is 1. The first-order chi connectivity index (χ1) is 25.2. The average Bonchev–Trinajstić information content (AvgIpc) is 3.49. The second-order valence-corrected chi connectivity index (χ2v) is 13.2. The molecule has 4 heteroatoms. The highest BCUT2D eigenvalue weighted by Gasteiger charge is 2.51. The van der Waals surface area contributed by atoms with Crippen molar-refractivity contribution in [3.8, 4) is 67.9 Å². The number of hydrogen-bond acceptors (Lipinski definition) is 4. The van der Waals surface area contributed by atoms with Crippen LogP contribution in [0.2, 0.25) is 0 Å². The molecule has 7 aromatic carbocycles. The molecule has 1 aromatic heterocycles. The smallest absolute Gasteiger partial charge is 0.164 e. The SMILES string of the molecule is Cc1cccc2c1Oc1c(-c3cccc(-c4nc(-c5ccccc5)nc(-c5ccccc5)n4)c3)cccc1C21c2ccccc2-c2ccccc21. The Balaban J connectivity index is 1.19. The number of rotatable bonds is 4. The van der Waals surface area contributed by atoms with Gasteiger partial charge in [-0.3, -0.25) is 0 Å². The Morgan fingerprint density at radius 2 is 0.804 bits per heavy atom. The van der Waals surface area contributed by atoms with Crippen molar-refractivity contribution in [2.24, 2.45) is 0 Å². The minimum absolute atomic E-state index is 0.529. The van der Waals surface area contributed by atoms with Crippen LogP contribution in [-0.4, -0.2) is 15.0 Å². The van der Waals surface area contributed by atoms with Crippen molar-refractivity contribution < 1.29 is 4.74 Å². The minimum atomic E-state index is -0.529. The summed E-state index contributed by atoms with van der Waals surface area (Å²) in [6, 6.07) is 59.5. The van der Waals surface area contributed by atoms with E-state index in [4.69, 9.17) is 19.7 Å². The molecule has 0 unspecified atom stereocenters. The van der Waals surface area contributed by atoms with E-state index >= 15 is 0 Å². The number of aromatic nitrogens is 3. The van der Waals surface area contributed by atoms with E-state index in [0.717, 1.165) is 50.4 Å². The van der Waals surface area contributed by atoms with Crippen LogP contribution < -0.4 is 4.74 Å². The molecule has 0 N–H and O–H groups in total. The summed E-state index contributed by atoms with van der Waals surface area (Å²) in [4.78, 5) is 14.9. The predicted molar refractivity (Wildman–Crippen MR) is 204 cm³/mol. The Hall–Kier alpha value is -6.65. The molecule has 1 aliphatic heterocycles. The lowest BCUT2D eigenvalue weighted by molar-refractivity contribution is 0.434. The van der Waals surface area contributed by atoms with E-state index in [1.807, 2.05) is 60.7 Å². The molecule has 0 fully saturated rings. The summed E-state index contributed by atoms with van der Waals surface area (Å²) in [5.74, 6) is 3.67. The van der Waals surface area contributed by atoms with Crippen molar-refractivity contribution in [3.05, 3.63) is 198 Å². The van der Waals surface area contributed by atoms with Gasteiger partial charge in [-0.05, 0) is 46.4 Å². The highest BCUT2D eigenvalue weighted by Crippen LogP contribution is 2.63. The fraction of sp³-hybridized carbons (Fsp3) is 0.0426. The molecule has 8 aromatic rings. The molecule has 0 atom stereocenters. The lowest BCUT2D eigenvalue weighted by Crippen LogP contribution is -2.32. The summed E-state index contributed by atoms with van der Waals surface area (Å²) in [6.07, 6.45) is 0. The van der Waals surface area contributed by atoms with Gasteiger partial charge in [-0.2, -0.15) is 0 Å². The molecule has 0 amide bonds. The monoisotopic (exact) mass is 653 g/mol. The van der Waals surface area contributed by atoms with Gasteiger partial charge < -0.3 is 4.74 Å². The Bertz CT molecular complexity index is 2530. The zero-order chi connectivity index (χ0) is 33.9. The molecule has 0 saturated carbocycles. The first kappa shape index (κ1) is 29.3. The van der Waals surface area contributed by atoms with E-state index in [1.54, 1.807) is 0 Å². The third kappa shape index (κ3) is 4.43. The normalized spacial score (nSPS) is 13.1. The third-order valence-electron chi connectivity index (χ3n) is 10.3. The summed E-state index contributed by atoms with van der Waals surface area (Å²) in [7, 11) is 0. The quantitative estimate of drug-likeness (QED) is 0.190. The molecule has 10 rings (SSSR count). The van der Waals surface area contributed by atoms with Crippen molar-refractivity contribution in [2.75, 3.05) is 0 Å². The van der Waals surface area contributed by atoms with Gasteiger partial charge in [-0.1, -0.05) is 164 Å². The lowest BCUT2D eigenvalue weighted by atomic mass is 9.65. The minimum Gasteiger partial charge on any atom is -0.456 e. The van der Waals surface area contributed by atoms with Gasteiger partial charge in [0.15, 0.2) is 17.5 Å². The van der Waals surface area contributed by atoms with Crippen molar-refractivity contribution in [1.82, 2.24) is 15.0 Å². The van der Waals surface area contributed by atoms with E-state index in [2.05, 4.69) is 116 Å². The van der Waals surface area contributed by atoms with Gasteiger partial charge in [0, 0.05) is 33.4 Å². The molecular weight excluding hydrogens is 623 g/mol. The van der Waals surface area contributed by atoms with Crippen LogP contribution in [0, 0.1) is 6.92 Å². The van der Waals surface area contributed by atoms with Gasteiger partial charge in [-0.25, -0.2) is 15.0 Å². The van der Waals surface area contributed by atoms with Crippen LogP contribution >= 0.6 is 0 Å². The molecular formula is C47H31N3O. The van der Waals surface area contributed by atoms with Gasteiger partial charge in [0.05, 0.1) is 5.41 Å². The van der Waals surface area contributed by atoms with Crippen LogP contribution in [0.3, 0.4) is 0 Å². The number of fused-ring (bicyclic) bond motifs is 9. The number of benzene rings is 7. The maximum atomic E-state index is 7.07. The van der Waals surface area contributed by atoms with E-state index in [1.165, 1.54) is 27.8 Å². The summed E-state index contributed by atoms with van der Waals surface area (Å²) < 4.78 is 7.07. The molecule has 1 aliphatic carbocycles. The Labute approximate surface area is 296 Å². The summed E-state index contributed by atoms with van der Waals surface area (Å²) in [5.41, 5.74) is 12.8. The third-order valence-corrected chi connectivity index (χ3v) is 10.3. The molecule has 240 valence electrons. The van der Waals surface area contributed by atoms with E-state index in [-0.39, 0.29) is 0 Å². The Kier molecular flexibility index (Phi) is 6.58. The maximum Gasteiger partial charge on any atom is 0.164 e. The average molecular weight is 654 g/mol. The molecule has 51 heavy (non-hydrogen) atoms. The Morgan fingerprint density at radius 1 is 0.373 bits per heavy atom. The van der Waals surface area contributed by atoms with E-state index in [0.29, 0.717) is 17.5 Å². The standard InChI is InChI=1S/C47H31N3O/c1-30-15-12-27-40-42(30)51-43-35(24-14-28-41(43)47(40)38-25-10-8-22-36(38)37-23-9-11-26-39(37)47)33-20-13-21-34(29-33)46-49-44(31-16-4-2-5-17-31)48-45(50-46)32-18-6-3-7-19-32/h2-29H,1H3. The Morgan fingerprint density at radius 3 is 1.43 bits per heavy atom. The largest absolute Gasteiger partial charge is 0.456 e. The molecule has 2 aliphatic rings. The van der Waals surface area contributed by atoms with E-state index < -0.39 is 5.41 Å². The van der Waals surface area contributed by atoms with Crippen LogP contribution in [0.4, 0.5) is 0 Å². The number of ether oxygens (including phenoxy) is 1. The van der Waals surface area contributed by atoms with Crippen molar-refractivity contribution in [3.63, 3.8) is 0 Å². The van der Waals surface area contributed by atoms with Crippen LogP contribution in [-0.2, 0) is 5.41 Å². The first-order valence-electron chi connectivity index (χ1n) is 17.3. The molecule has 4 nitrogen and oxygen atoms in total. The molecule has 0 bridgehead atoms. The van der Waals surface area contributed by atoms with Crippen LogP contribution in [0.25, 0.3) is 56.4 Å². The summed E-state index contributed by atoms with van der Waals surface area (Å²) in [6.45, 7) is 2.14. The summed E-state index contributed by atoms with van der Waals surface area (Å²) >= 11 is 0. The second kappa shape index (κ2) is 11.5. The van der Waals surface area contributed by atoms with Gasteiger partial charge >= 0.3 is 0 Å². The van der Waals surface area contributed by atoms with Crippen LogP contribution in [0.1, 0.15) is 27.8 Å².